The summed E-state index contributed by atoms with van der Waals surface area (Å²) in [6.07, 6.45) is -9.45. The summed E-state index contributed by atoms with van der Waals surface area (Å²) in [4.78, 5) is 0. The number of hydrogen-bond acceptors (Lipinski definition) is 15. The van der Waals surface area contributed by atoms with Gasteiger partial charge in [0.2, 0.25) is 0 Å². The van der Waals surface area contributed by atoms with Crippen molar-refractivity contribution in [2.24, 2.45) is 56.2 Å². The highest BCUT2D eigenvalue weighted by molar-refractivity contribution is 5.20. The molecule has 8 aliphatic rings. The quantitative estimate of drug-likeness (QED) is 0.159. The van der Waals surface area contributed by atoms with Gasteiger partial charge < -0.3 is 74.4 Å². The van der Waals surface area contributed by atoms with Crippen LogP contribution in [0.25, 0.3) is 0 Å². The van der Waals surface area contributed by atoms with E-state index in [9.17, 15) is 46.0 Å². The normalized spacial score (nSPS) is 57.7. The fourth-order valence-electron chi connectivity index (χ4n) is 15.5. The molecule has 0 radical (unpaired) electrons. The van der Waals surface area contributed by atoms with Crippen molar-refractivity contribution in [3.05, 3.63) is 0 Å². The first-order valence-electron chi connectivity index (χ1n) is 23.9. The van der Waals surface area contributed by atoms with Gasteiger partial charge in [-0.3, -0.25) is 0 Å². The molecule has 358 valence electrons. The molecular formula is C47H80O15. The zero-order valence-corrected chi connectivity index (χ0v) is 38.3. The molecule has 5 aliphatic carbocycles. The van der Waals surface area contributed by atoms with E-state index in [-0.39, 0.29) is 40.3 Å². The molecule has 0 aromatic rings. The van der Waals surface area contributed by atoms with Gasteiger partial charge in [-0.1, -0.05) is 55.4 Å². The third-order valence-corrected chi connectivity index (χ3v) is 19.9. The summed E-state index contributed by atoms with van der Waals surface area (Å²) >= 11 is 0. The lowest BCUT2D eigenvalue weighted by atomic mass is 9.30. The molecule has 3 aliphatic heterocycles. The monoisotopic (exact) mass is 885 g/mol. The highest BCUT2D eigenvalue weighted by atomic mass is 16.8. The fraction of sp³-hybridized carbons (Fsp3) is 1.00. The topological polar surface area (TPSA) is 237 Å². The average Bonchev–Trinajstić information content (AvgIpc) is 3.23. The molecule has 8 fully saturated rings. The molecule has 24 atom stereocenters. The predicted molar refractivity (Wildman–Crippen MR) is 223 cm³/mol. The summed E-state index contributed by atoms with van der Waals surface area (Å²) in [6, 6.07) is 0. The summed E-state index contributed by atoms with van der Waals surface area (Å²) in [7, 11) is 0. The maximum Gasteiger partial charge on any atom is 0.187 e. The second kappa shape index (κ2) is 16.9. The molecule has 0 bridgehead atoms. The van der Waals surface area contributed by atoms with Crippen molar-refractivity contribution in [2.45, 2.75) is 218 Å². The van der Waals surface area contributed by atoms with Crippen LogP contribution in [0.3, 0.4) is 0 Å². The Labute approximate surface area is 367 Å². The van der Waals surface area contributed by atoms with Crippen LogP contribution in [-0.4, -0.2) is 158 Å². The Kier molecular flexibility index (Phi) is 13.0. The van der Waals surface area contributed by atoms with Gasteiger partial charge >= 0.3 is 0 Å². The highest BCUT2D eigenvalue weighted by Crippen LogP contribution is 2.78. The van der Waals surface area contributed by atoms with Crippen molar-refractivity contribution >= 4 is 0 Å². The minimum Gasteiger partial charge on any atom is -0.394 e. The van der Waals surface area contributed by atoms with Crippen LogP contribution in [0.1, 0.15) is 126 Å². The van der Waals surface area contributed by atoms with E-state index in [0.29, 0.717) is 35.0 Å². The Morgan fingerprint density at radius 1 is 0.516 bits per heavy atom. The second-order valence-corrected chi connectivity index (χ2v) is 23.5. The Hall–Kier alpha value is -0.600. The first kappa shape index (κ1) is 47.9. The second-order valence-electron chi connectivity index (χ2n) is 23.5. The van der Waals surface area contributed by atoms with Crippen LogP contribution < -0.4 is 0 Å². The summed E-state index contributed by atoms with van der Waals surface area (Å²) in [5, 5.41) is 95.8. The highest BCUT2D eigenvalue weighted by Gasteiger charge is 2.71. The largest absolute Gasteiger partial charge is 0.394 e. The molecule has 0 aromatic heterocycles. The molecule has 3 heterocycles. The first-order valence-corrected chi connectivity index (χ1v) is 23.9. The number of rotatable bonds is 8. The van der Waals surface area contributed by atoms with Crippen LogP contribution >= 0.6 is 0 Å². The maximum absolute atomic E-state index is 11.6. The molecule has 15 nitrogen and oxygen atoms in total. The molecule has 8 rings (SSSR count). The van der Waals surface area contributed by atoms with Crippen molar-refractivity contribution in [3.63, 3.8) is 0 Å². The van der Waals surface area contributed by atoms with Crippen molar-refractivity contribution < 1.29 is 74.4 Å². The van der Waals surface area contributed by atoms with E-state index >= 15 is 0 Å². The summed E-state index contributed by atoms with van der Waals surface area (Å²) in [6.45, 7) is 18.4. The molecule has 0 aromatic carbocycles. The number of ether oxygens (including phenoxy) is 6. The summed E-state index contributed by atoms with van der Waals surface area (Å²) in [5.41, 5.74) is 1.32. The van der Waals surface area contributed by atoms with E-state index in [4.69, 9.17) is 28.4 Å². The Morgan fingerprint density at radius 2 is 1.11 bits per heavy atom. The van der Waals surface area contributed by atoms with E-state index in [0.717, 1.165) is 19.3 Å². The number of hydrogen-bond donors (Lipinski definition) is 9. The van der Waals surface area contributed by atoms with Crippen LogP contribution in [0, 0.1) is 56.2 Å². The van der Waals surface area contributed by atoms with Crippen molar-refractivity contribution in [1.29, 1.82) is 0 Å². The molecular weight excluding hydrogens is 805 g/mol. The van der Waals surface area contributed by atoms with Gasteiger partial charge in [0.1, 0.15) is 67.1 Å². The standard InChI is InChI=1S/C47H80O15/c1-23-25(9-10-28-44(23,5)12-11-29-45(28,6)16-18-47(8)30-19-42(2,3)13-14-43(30,4)15-17-46(29,47)7)58-41-38(62-40-36(56)34(54)32(52)26(20-48)59-40)37(33(53)27(21-49)60-41)61-39-35(55)31(51)24(50)22-57-39/h23-41,48-56H,9-22H2,1-8H3/t23-,24+,25-,26+,27+,28+,29-,30+,31-,32-,33+,34-,35+,36+,37-,38+,39-,40-,41+,43+,44+,45-,46+,47-/m0/s1. The number of aliphatic hydroxyl groups is 9. The van der Waals surface area contributed by atoms with E-state index in [1.165, 1.54) is 44.9 Å². The van der Waals surface area contributed by atoms with Gasteiger partial charge in [-0.05, 0) is 127 Å². The van der Waals surface area contributed by atoms with Crippen LogP contribution in [0.2, 0.25) is 0 Å². The lowest BCUT2D eigenvalue weighted by Gasteiger charge is -2.75. The molecule has 9 N–H and O–H groups in total. The third kappa shape index (κ3) is 7.50. The molecule has 3 saturated heterocycles. The van der Waals surface area contributed by atoms with Gasteiger partial charge in [0.05, 0.1) is 25.9 Å². The lowest BCUT2D eigenvalue weighted by Crippen LogP contribution is -2.68. The van der Waals surface area contributed by atoms with Gasteiger partial charge in [-0.2, -0.15) is 0 Å². The molecule has 5 saturated carbocycles. The number of aliphatic hydroxyl groups excluding tert-OH is 9. The minimum absolute atomic E-state index is 0.0318. The van der Waals surface area contributed by atoms with Gasteiger partial charge in [-0.25, -0.2) is 0 Å². The van der Waals surface area contributed by atoms with Crippen LogP contribution in [0.15, 0.2) is 0 Å². The lowest BCUT2D eigenvalue weighted by molar-refractivity contribution is -0.394. The third-order valence-electron chi connectivity index (χ3n) is 19.9. The van der Waals surface area contributed by atoms with Crippen LogP contribution in [0.5, 0.6) is 0 Å². The first-order chi connectivity index (χ1) is 29.0. The number of fused-ring (bicyclic) bond motifs is 7. The Balaban J connectivity index is 1.06. The molecule has 15 heteroatoms. The van der Waals surface area contributed by atoms with Crippen LogP contribution in [0.4, 0.5) is 0 Å². The molecule has 0 spiro atoms. The SMILES string of the molecule is C[C@H]1[C@@H](O[C@@H]2O[C@H](CO)[C@@H](O)[C@H](O[C@@H]3OC[C@@H](O)[C@H](O)[C@H]3O)[C@H]2O[C@@H]2O[C@H](CO)[C@H](O)[C@H](O)[C@H]2O)CC[C@@H]2[C@]1(C)CC[C@H]1[C@@]2(C)CC[C@@]2(C)[C@@H]3CC(C)(C)CC[C@]3(C)CC[C@]12C. The molecule has 62 heavy (non-hydrogen) atoms. The predicted octanol–water partition coefficient (Wildman–Crippen LogP) is 2.36. The van der Waals surface area contributed by atoms with Crippen molar-refractivity contribution in [1.82, 2.24) is 0 Å². The molecule has 0 unspecified atom stereocenters. The smallest absolute Gasteiger partial charge is 0.187 e. The van der Waals surface area contributed by atoms with Crippen molar-refractivity contribution in [2.75, 3.05) is 19.8 Å². The van der Waals surface area contributed by atoms with Gasteiger partial charge in [0, 0.05) is 0 Å². The van der Waals surface area contributed by atoms with Gasteiger partial charge in [0.15, 0.2) is 18.9 Å². The Bertz CT molecular complexity index is 1580. The summed E-state index contributed by atoms with van der Waals surface area (Å²) in [5.74, 6) is 1.80. The zero-order valence-electron chi connectivity index (χ0n) is 38.3. The zero-order chi connectivity index (χ0) is 45.1. The van der Waals surface area contributed by atoms with Crippen LogP contribution in [-0.2, 0) is 28.4 Å². The van der Waals surface area contributed by atoms with Crippen molar-refractivity contribution in [3.8, 4) is 0 Å². The maximum atomic E-state index is 11.6. The minimum atomic E-state index is -1.82. The molecule has 0 amide bonds. The van der Waals surface area contributed by atoms with E-state index in [2.05, 4.69) is 55.4 Å². The van der Waals surface area contributed by atoms with Gasteiger partial charge in [-0.15, -0.1) is 0 Å². The average molecular weight is 885 g/mol. The fourth-order valence-corrected chi connectivity index (χ4v) is 15.5. The van der Waals surface area contributed by atoms with E-state index in [1.807, 2.05) is 0 Å². The Morgan fingerprint density at radius 3 is 1.81 bits per heavy atom. The van der Waals surface area contributed by atoms with E-state index < -0.39 is 99.2 Å². The summed E-state index contributed by atoms with van der Waals surface area (Å²) < 4.78 is 37.0. The van der Waals surface area contributed by atoms with Gasteiger partial charge in [0.25, 0.3) is 0 Å². The van der Waals surface area contributed by atoms with E-state index in [1.54, 1.807) is 0 Å².